The van der Waals surface area contributed by atoms with Crippen molar-refractivity contribution >= 4 is 22.8 Å². The lowest BCUT2D eigenvalue weighted by molar-refractivity contribution is -0.143. The monoisotopic (exact) mass is 319 g/mol. The van der Waals surface area contributed by atoms with Crippen LogP contribution < -0.4 is 0 Å². The summed E-state index contributed by atoms with van der Waals surface area (Å²) in [4.78, 5) is 16.8. The van der Waals surface area contributed by atoms with E-state index >= 15 is 0 Å². The topological polar surface area (TPSA) is 48.5 Å². The number of hydrogen-bond acceptors (Lipinski definition) is 3. The Hall–Kier alpha value is -3.08. The van der Waals surface area contributed by atoms with Crippen LogP contribution in [0.25, 0.3) is 28.1 Å². The molecule has 0 spiro atoms. The van der Waals surface area contributed by atoms with E-state index in [0.717, 1.165) is 28.1 Å². The second kappa shape index (κ2) is 5.53. The van der Waals surface area contributed by atoms with Crippen LogP contribution in [-0.2, 0) is 9.53 Å². The van der Waals surface area contributed by atoms with Gasteiger partial charge in [-0.05, 0) is 19.1 Å². The van der Waals surface area contributed by atoms with Crippen molar-refractivity contribution in [1.29, 1.82) is 0 Å². The Morgan fingerprint density at radius 3 is 2.54 bits per heavy atom. The van der Waals surface area contributed by atoms with E-state index in [0.29, 0.717) is 0 Å². The Kier molecular flexibility index (Phi) is 3.34. The Bertz CT molecular complexity index is 1030. The van der Waals surface area contributed by atoms with Crippen LogP contribution in [0.3, 0.4) is 0 Å². The molecule has 0 saturated heterocycles. The summed E-state index contributed by atoms with van der Waals surface area (Å²) >= 11 is 0. The maximum Gasteiger partial charge on any atom is 0.328 e. The number of fused-ring (bicyclic) bond motifs is 3. The molecule has 0 aliphatic carbocycles. The molecule has 0 N–H and O–H groups in total. The molecule has 0 aliphatic heterocycles. The molecular formula is C19H17N3O2. The highest BCUT2D eigenvalue weighted by Gasteiger charge is 2.22. The fourth-order valence-corrected chi connectivity index (χ4v) is 3.05. The molecule has 4 aromatic rings. The van der Waals surface area contributed by atoms with Crippen LogP contribution in [0.15, 0.2) is 60.8 Å². The van der Waals surface area contributed by atoms with E-state index in [1.165, 1.54) is 7.11 Å². The zero-order valence-electron chi connectivity index (χ0n) is 13.5. The molecule has 2 aromatic heterocycles. The molecule has 5 heteroatoms. The lowest BCUT2D eigenvalue weighted by Crippen LogP contribution is -2.17. The molecular weight excluding hydrogens is 302 g/mol. The summed E-state index contributed by atoms with van der Waals surface area (Å²) in [5, 5.41) is 0. The number of ether oxygens (including phenoxy) is 1. The van der Waals surface area contributed by atoms with E-state index < -0.39 is 6.04 Å². The maximum atomic E-state index is 12.0. The zero-order chi connectivity index (χ0) is 16.7. The smallest absolute Gasteiger partial charge is 0.328 e. The molecule has 120 valence electrons. The molecule has 2 aromatic carbocycles. The van der Waals surface area contributed by atoms with E-state index in [1.54, 1.807) is 0 Å². The third kappa shape index (κ3) is 2.09. The van der Waals surface area contributed by atoms with Crippen LogP contribution in [-0.4, -0.2) is 27.0 Å². The number of imidazole rings is 2. The molecule has 4 rings (SSSR count). The van der Waals surface area contributed by atoms with Crippen molar-refractivity contribution in [1.82, 2.24) is 14.0 Å². The van der Waals surface area contributed by atoms with E-state index in [2.05, 4.69) is 16.5 Å². The van der Waals surface area contributed by atoms with Crippen LogP contribution in [0, 0.1) is 0 Å². The van der Waals surface area contributed by atoms with E-state index in [4.69, 9.17) is 9.72 Å². The Morgan fingerprint density at radius 1 is 1.08 bits per heavy atom. The number of benzene rings is 2. The molecule has 0 bridgehead atoms. The van der Waals surface area contributed by atoms with Crippen LogP contribution in [0.1, 0.15) is 13.0 Å². The van der Waals surface area contributed by atoms with Crippen molar-refractivity contribution in [3.8, 4) is 11.3 Å². The van der Waals surface area contributed by atoms with Gasteiger partial charge in [-0.2, -0.15) is 0 Å². The van der Waals surface area contributed by atoms with E-state index in [-0.39, 0.29) is 5.97 Å². The minimum Gasteiger partial charge on any atom is -0.467 e. The Morgan fingerprint density at radius 2 is 1.79 bits per heavy atom. The number of aromatic nitrogens is 3. The lowest BCUT2D eigenvalue weighted by Gasteiger charge is -2.10. The maximum absolute atomic E-state index is 12.0. The summed E-state index contributed by atoms with van der Waals surface area (Å²) in [5.74, 6) is 0.437. The minimum atomic E-state index is -0.452. The first kappa shape index (κ1) is 14.5. The third-order valence-corrected chi connectivity index (χ3v) is 4.31. The predicted octanol–water partition coefficient (Wildman–Crippen LogP) is 3.69. The number of rotatable bonds is 3. The van der Waals surface area contributed by atoms with Crippen molar-refractivity contribution < 1.29 is 9.53 Å². The molecule has 0 aliphatic rings. The fourth-order valence-electron chi connectivity index (χ4n) is 3.05. The van der Waals surface area contributed by atoms with Crippen molar-refractivity contribution in [2.75, 3.05) is 7.11 Å². The van der Waals surface area contributed by atoms with Gasteiger partial charge < -0.3 is 9.30 Å². The minimum absolute atomic E-state index is 0.292. The van der Waals surface area contributed by atoms with Gasteiger partial charge in [-0.15, -0.1) is 0 Å². The second-order valence-electron chi connectivity index (χ2n) is 5.72. The van der Waals surface area contributed by atoms with Crippen LogP contribution in [0.2, 0.25) is 0 Å². The summed E-state index contributed by atoms with van der Waals surface area (Å²) in [7, 11) is 1.40. The molecule has 1 unspecified atom stereocenters. The zero-order valence-corrected chi connectivity index (χ0v) is 13.5. The van der Waals surface area contributed by atoms with Gasteiger partial charge in [0, 0.05) is 11.8 Å². The fraction of sp³-hybridized carbons (Fsp3) is 0.158. The molecule has 0 saturated carbocycles. The number of methoxy groups -OCH3 is 1. The van der Waals surface area contributed by atoms with Gasteiger partial charge in [-0.1, -0.05) is 42.5 Å². The SMILES string of the molecule is COC(=O)C(C)n1cc(-c2ccccc2)n2c3ccccc3nc12. The normalized spacial score (nSPS) is 12.6. The van der Waals surface area contributed by atoms with Crippen molar-refractivity contribution in [2.24, 2.45) is 0 Å². The number of hydrogen-bond donors (Lipinski definition) is 0. The second-order valence-corrected chi connectivity index (χ2v) is 5.72. The number of nitrogens with zero attached hydrogens (tertiary/aromatic N) is 3. The highest BCUT2D eigenvalue weighted by Crippen LogP contribution is 2.29. The number of carbonyl (C=O) groups is 1. The van der Waals surface area contributed by atoms with Gasteiger partial charge in [-0.3, -0.25) is 4.40 Å². The summed E-state index contributed by atoms with van der Waals surface area (Å²) in [6.45, 7) is 1.82. The Labute approximate surface area is 139 Å². The lowest BCUT2D eigenvalue weighted by atomic mass is 10.1. The first-order valence-corrected chi connectivity index (χ1v) is 7.82. The van der Waals surface area contributed by atoms with Crippen LogP contribution in [0.4, 0.5) is 0 Å². The molecule has 0 radical (unpaired) electrons. The molecule has 1 atom stereocenters. The summed E-state index contributed by atoms with van der Waals surface area (Å²) < 4.78 is 8.86. The first-order chi connectivity index (χ1) is 11.7. The standard InChI is InChI=1S/C19H17N3O2/c1-13(18(23)24-2)21-12-17(14-8-4-3-5-9-14)22-16-11-7-6-10-15(16)20-19(21)22/h3-13H,1-2H3. The third-order valence-electron chi connectivity index (χ3n) is 4.31. The molecule has 24 heavy (non-hydrogen) atoms. The predicted molar refractivity (Wildman–Crippen MR) is 92.9 cm³/mol. The summed E-state index contributed by atoms with van der Waals surface area (Å²) in [6, 6.07) is 17.6. The highest BCUT2D eigenvalue weighted by molar-refractivity contribution is 5.84. The summed E-state index contributed by atoms with van der Waals surface area (Å²) in [6.07, 6.45) is 1.96. The van der Waals surface area contributed by atoms with Gasteiger partial charge in [0.25, 0.3) is 0 Å². The Balaban J connectivity index is 2.06. The van der Waals surface area contributed by atoms with Gasteiger partial charge in [0.15, 0.2) is 0 Å². The number of esters is 1. The van der Waals surface area contributed by atoms with E-state index in [9.17, 15) is 4.79 Å². The first-order valence-electron chi connectivity index (χ1n) is 7.82. The van der Waals surface area contributed by atoms with Crippen molar-refractivity contribution in [3.05, 3.63) is 60.8 Å². The van der Waals surface area contributed by atoms with Gasteiger partial charge >= 0.3 is 5.97 Å². The van der Waals surface area contributed by atoms with E-state index in [1.807, 2.05) is 60.2 Å². The summed E-state index contributed by atoms with van der Waals surface area (Å²) in [5.41, 5.74) is 3.98. The van der Waals surface area contributed by atoms with Crippen LogP contribution in [0.5, 0.6) is 0 Å². The quantitative estimate of drug-likeness (QED) is 0.541. The van der Waals surface area contributed by atoms with Gasteiger partial charge in [-0.25, -0.2) is 9.78 Å². The van der Waals surface area contributed by atoms with Gasteiger partial charge in [0.2, 0.25) is 5.78 Å². The molecule has 2 heterocycles. The number of carbonyl (C=O) groups excluding carboxylic acids is 1. The van der Waals surface area contributed by atoms with Crippen molar-refractivity contribution in [2.45, 2.75) is 13.0 Å². The van der Waals surface area contributed by atoms with Gasteiger partial charge in [0.05, 0.1) is 23.8 Å². The number of para-hydroxylation sites is 2. The van der Waals surface area contributed by atoms with Crippen molar-refractivity contribution in [3.63, 3.8) is 0 Å². The largest absolute Gasteiger partial charge is 0.467 e. The van der Waals surface area contributed by atoms with Gasteiger partial charge in [0.1, 0.15) is 6.04 Å². The molecule has 0 fully saturated rings. The molecule has 0 amide bonds. The molecule has 5 nitrogen and oxygen atoms in total. The average molecular weight is 319 g/mol. The average Bonchev–Trinajstić information content (AvgIpc) is 3.18. The van der Waals surface area contributed by atoms with Crippen LogP contribution >= 0.6 is 0 Å². The highest BCUT2D eigenvalue weighted by atomic mass is 16.5.